The molecule has 0 atom stereocenters. The van der Waals surface area contributed by atoms with Crippen LogP contribution in [0.2, 0.25) is 0 Å². The number of halogens is 1. The maximum absolute atomic E-state index is 12.7. The van der Waals surface area contributed by atoms with Gasteiger partial charge in [-0.15, -0.1) is 0 Å². The highest BCUT2D eigenvalue weighted by Crippen LogP contribution is 2.35. The normalized spacial score (nSPS) is 10.9. The number of hydrogen-bond acceptors (Lipinski definition) is 5. The maximum atomic E-state index is 12.7. The number of hydrogen-bond donors (Lipinski definition) is 2. The van der Waals surface area contributed by atoms with E-state index in [4.69, 9.17) is 9.84 Å². The van der Waals surface area contributed by atoms with E-state index in [9.17, 15) is 9.50 Å². The summed E-state index contributed by atoms with van der Waals surface area (Å²) in [6, 6.07) is 8.52. The first-order valence-corrected chi connectivity index (χ1v) is 5.82. The van der Waals surface area contributed by atoms with Crippen LogP contribution in [0.15, 0.2) is 46.6 Å². The molecule has 20 heavy (non-hydrogen) atoms. The lowest BCUT2D eigenvalue weighted by Crippen LogP contribution is -1.89. The third kappa shape index (κ3) is 3.10. The number of aliphatic hydroxyl groups is 1. The fourth-order valence-electron chi connectivity index (χ4n) is 1.61. The summed E-state index contributed by atoms with van der Waals surface area (Å²) in [6.45, 7) is -0.345. The van der Waals surface area contributed by atoms with E-state index in [2.05, 4.69) is 10.2 Å². The van der Waals surface area contributed by atoms with Crippen molar-refractivity contribution in [2.24, 2.45) is 10.2 Å². The molecule has 0 amide bonds. The number of rotatable bonds is 4. The van der Waals surface area contributed by atoms with Crippen molar-refractivity contribution in [2.45, 2.75) is 6.61 Å². The Balaban J connectivity index is 2.31. The highest BCUT2D eigenvalue weighted by molar-refractivity contribution is 5.56. The number of aliphatic hydroxyl groups excluding tert-OH is 1. The molecule has 0 aromatic heterocycles. The van der Waals surface area contributed by atoms with Crippen molar-refractivity contribution < 1.29 is 19.3 Å². The molecule has 2 aromatic carbocycles. The van der Waals surface area contributed by atoms with Gasteiger partial charge in [0.1, 0.15) is 5.82 Å². The number of nitrogens with zero attached hydrogens (tertiary/aromatic N) is 2. The van der Waals surface area contributed by atoms with Gasteiger partial charge < -0.3 is 14.9 Å². The Labute approximate surface area is 115 Å². The first-order valence-electron chi connectivity index (χ1n) is 5.82. The van der Waals surface area contributed by atoms with Crippen LogP contribution in [0.3, 0.4) is 0 Å². The molecule has 0 fully saturated rings. The van der Waals surface area contributed by atoms with Gasteiger partial charge in [-0.05, 0) is 30.3 Å². The van der Waals surface area contributed by atoms with Crippen molar-refractivity contribution in [1.29, 1.82) is 0 Å². The second kappa shape index (κ2) is 6.12. The molecule has 0 heterocycles. The molecular formula is C14H13FN2O3. The molecule has 0 aliphatic rings. The highest BCUT2D eigenvalue weighted by atomic mass is 19.1. The van der Waals surface area contributed by atoms with Crippen molar-refractivity contribution >= 4 is 11.4 Å². The third-order valence-corrected chi connectivity index (χ3v) is 2.64. The van der Waals surface area contributed by atoms with Gasteiger partial charge in [-0.2, -0.15) is 10.2 Å². The minimum atomic E-state index is -0.349. The molecule has 0 spiro atoms. The summed E-state index contributed by atoms with van der Waals surface area (Å²) in [4.78, 5) is 0. The zero-order chi connectivity index (χ0) is 14.5. The van der Waals surface area contributed by atoms with Crippen molar-refractivity contribution in [3.8, 4) is 11.5 Å². The van der Waals surface area contributed by atoms with E-state index < -0.39 is 0 Å². The van der Waals surface area contributed by atoms with Crippen molar-refractivity contribution in [3.05, 3.63) is 47.8 Å². The van der Waals surface area contributed by atoms with E-state index in [-0.39, 0.29) is 29.5 Å². The predicted octanol–water partition coefficient (Wildman–Crippen LogP) is 3.45. The predicted molar refractivity (Wildman–Crippen MR) is 71.2 cm³/mol. The molecule has 0 aliphatic carbocycles. The number of methoxy groups -OCH3 is 1. The van der Waals surface area contributed by atoms with E-state index in [1.165, 1.54) is 43.5 Å². The van der Waals surface area contributed by atoms with Crippen molar-refractivity contribution in [2.75, 3.05) is 7.11 Å². The molecule has 2 N–H and O–H groups in total. The number of ether oxygens (including phenoxy) is 1. The lowest BCUT2D eigenvalue weighted by Gasteiger charge is -2.07. The monoisotopic (exact) mass is 276 g/mol. The standard InChI is InChI=1S/C14H13FN2O3/c1-20-13-7-12(6-9(8-18)14(13)19)17-16-11-4-2-10(15)3-5-11/h2-7,18-19H,8H2,1H3. The number of phenols is 1. The summed E-state index contributed by atoms with van der Waals surface area (Å²) in [5, 5.41) is 26.8. The fourth-order valence-corrected chi connectivity index (χ4v) is 1.61. The van der Waals surface area contributed by atoms with Crippen LogP contribution in [0.4, 0.5) is 15.8 Å². The molecular weight excluding hydrogens is 263 g/mol. The largest absolute Gasteiger partial charge is 0.504 e. The smallest absolute Gasteiger partial charge is 0.163 e. The van der Waals surface area contributed by atoms with Crippen LogP contribution in [0.5, 0.6) is 11.5 Å². The number of aromatic hydroxyl groups is 1. The van der Waals surface area contributed by atoms with Gasteiger partial charge in [0.15, 0.2) is 11.5 Å². The van der Waals surface area contributed by atoms with Crippen LogP contribution in [-0.4, -0.2) is 17.3 Å². The van der Waals surface area contributed by atoms with Crippen molar-refractivity contribution in [3.63, 3.8) is 0 Å². The molecule has 2 aromatic rings. The van der Waals surface area contributed by atoms with Gasteiger partial charge in [-0.25, -0.2) is 4.39 Å². The van der Waals surface area contributed by atoms with Gasteiger partial charge in [0.2, 0.25) is 0 Å². The molecule has 0 radical (unpaired) electrons. The topological polar surface area (TPSA) is 74.4 Å². The van der Waals surface area contributed by atoms with E-state index in [0.29, 0.717) is 11.4 Å². The van der Waals surface area contributed by atoms with Gasteiger partial charge >= 0.3 is 0 Å². The SMILES string of the molecule is COc1cc(N=Nc2ccc(F)cc2)cc(CO)c1O. The maximum Gasteiger partial charge on any atom is 0.163 e. The minimum absolute atomic E-state index is 0.129. The van der Waals surface area contributed by atoms with Gasteiger partial charge in [0, 0.05) is 11.6 Å². The molecule has 2 rings (SSSR count). The summed E-state index contributed by atoms with van der Waals surface area (Å²) in [5.74, 6) is -0.279. The molecule has 6 heteroatoms. The zero-order valence-electron chi connectivity index (χ0n) is 10.7. The third-order valence-electron chi connectivity index (χ3n) is 2.64. The second-order valence-electron chi connectivity index (χ2n) is 3.99. The summed E-state index contributed by atoms with van der Waals surface area (Å²) < 4.78 is 17.7. The quantitative estimate of drug-likeness (QED) is 0.840. The first kappa shape index (κ1) is 14.0. The van der Waals surface area contributed by atoms with Gasteiger partial charge in [0.05, 0.1) is 25.1 Å². The Kier molecular flexibility index (Phi) is 4.27. The summed E-state index contributed by atoms with van der Waals surface area (Å²) >= 11 is 0. The fraction of sp³-hybridized carbons (Fsp3) is 0.143. The van der Waals surface area contributed by atoms with Gasteiger partial charge in [-0.1, -0.05) is 0 Å². The van der Waals surface area contributed by atoms with E-state index in [1.807, 2.05) is 0 Å². The second-order valence-corrected chi connectivity index (χ2v) is 3.99. The lowest BCUT2D eigenvalue weighted by atomic mass is 10.1. The Morgan fingerprint density at radius 2 is 1.75 bits per heavy atom. The lowest BCUT2D eigenvalue weighted by molar-refractivity contribution is 0.272. The first-order chi connectivity index (χ1) is 9.63. The van der Waals surface area contributed by atoms with Crippen LogP contribution in [0, 0.1) is 5.82 Å². The van der Waals surface area contributed by atoms with Crippen LogP contribution < -0.4 is 4.74 Å². The molecule has 5 nitrogen and oxygen atoms in total. The summed E-state index contributed by atoms with van der Waals surface area (Å²) in [7, 11) is 1.40. The average Bonchev–Trinajstić information content (AvgIpc) is 2.47. The zero-order valence-corrected chi connectivity index (χ0v) is 10.7. The van der Waals surface area contributed by atoms with Crippen molar-refractivity contribution in [1.82, 2.24) is 0 Å². The summed E-state index contributed by atoms with van der Waals surface area (Å²) in [6.07, 6.45) is 0. The Hall–Kier alpha value is -2.47. The van der Waals surface area contributed by atoms with E-state index in [1.54, 1.807) is 0 Å². The molecule has 0 saturated carbocycles. The molecule has 0 saturated heterocycles. The van der Waals surface area contributed by atoms with E-state index in [0.717, 1.165) is 0 Å². The van der Waals surface area contributed by atoms with Gasteiger partial charge in [-0.3, -0.25) is 0 Å². The van der Waals surface area contributed by atoms with Crippen LogP contribution >= 0.6 is 0 Å². The average molecular weight is 276 g/mol. The Morgan fingerprint density at radius 3 is 2.35 bits per heavy atom. The Morgan fingerprint density at radius 1 is 1.10 bits per heavy atom. The molecule has 104 valence electrons. The Bertz CT molecular complexity index is 602. The molecule has 0 bridgehead atoms. The molecule has 0 aliphatic heterocycles. The van der Waals surface area contributed by atoms with Crippen LogP contribution in [0.25, 0.3) is 0 Å². The van der Waals surface area contributed by atoms with Gasteiger partial charge in [0.25, 0.3) is 0 Å². The number of azo groups is 1. The molecule has 0 unspecified atom stereocenters. The summed E-state index contributed by atoms with van der Waals surface area (Å²) in [5.41, 5.74) is 1.19. The number of benzene rings is 2. The van der Waals surface area contributed by atoms with Crippen LogP contribution in [0.1, 0.15) is 5.56 Å². The highest BCUT2D eigenvalue weighted by Gasteiger charge is 2.09. The minimum Gasteiger partial charge on any atom is -0.504 e. The van der Waals surface area contributed by atoms with E-state index >= 15 is 0 Å². The van der Waals surface area contributed by atoms with Crippen LogP contribution in [-0.2, 0) is 6.61 Å².